The quantitative estimate of drug-likeness (QED) is 0.647. The van der Waals surface area contributed by atoms with E-state index < -0.39 is 0 Å². The third-order valence-corrected chi connectivity index (χ3v) is 3.19. The lowest BCUT2D eigenvalue weighted by atomic mass is 10.1. The Bertz CT molecular complexity index is 722. The van der Waals surface area contributed by atoms with Crippen LogP contribution < -0.4 is 0 Å². The van der Waals surface area contributed by atoms with Gasteiger partial charge in [0.05, 0.1) is 0 Å². The SMILES string of the molecule is Cc1ccccc1C=O.O=Cc1ccccc1.O=Cc1ccccc1. The number of rotatable bonds is 3. The van der Waals surface area contributed by atoms with Crippen molar-refractivity contribution in [2.24, 2.45) is 0 Å². The van der Waals surface area contributed by atoms with Crippen molar-refractivity contribution in [1.29, 1.82) is 0 Å². The van der Waals surface area contributed by atoms with Crippen molar-refractivity contribution in [2.75, 3.05) is 0 Å². The van der Waals surface area contributed by atoms with Crippen molar-refractivity contribution in [3.05, 3.63) is 107 Å². The van der Waals surface area contributed by atoms with Gasteiger partial charge in [-0.2, -0.15) is 0 Å². The predicted octanol–water partition coefficient (Wildman–Crippen LogP) is 4.81. The van der Waals surface area contributed by atoms with Gasteiger partial charge < -0.3 is 0 Å². The van der Waals surface area contributed by atoms with Gasteiger partial charge >= 0.3 is 0 Å². The van der Waals surface area contributed by atoms with Crippen LogP contribution >= 0.6 is 0 Å². The van der Waals surface area contributed by atoms with Gasteiger partial charge in [0, 0.05) is 16.7 Å². The molecule has 0 N–H and O–H groups in total. The summed E-state index contributed by atoms with van der Waals surface area (Å²) in [5, 5.41) is 0. The summed E-state index contributed by atoms with van der Waals surface area (Å²) in [5.41, 5.74) is 3.27. The third-order valence-electron chi connectivity index (χ3n) is 3.19. The number of aldehydes is 3. The molecule has 3 nitrogen and oxygen atoms in total. The van der Waals surface area contributed by atoms with Gasteiger partial charge in [-0.15, -0.1) is 0 Å². The van der Waals surface area contributed by atoms with Crippen LogP contribution in [-0.4, -0.2) is 18.9 Å². The molecule has 0 radical (unpaired) electrons. The molecule has 126 valence electrons. The second kappa shape index (κ2) is 12.1. The minimum Gasteiger partial charge on any atom is -0.298 e. The molecule has 3 rings (SSSR count). The lowest BCUT2D eigenvalue weighted by Gasteiger charge is -1.92. The van der Waals surface area contributed by atoms with Crippen molar-refractivity contribution in [3.63, 3.8) is 0 Å². The van der Waals surface area contributed by atoms with E-state index in [0.29, 0.717) is 0 Å². The first-order valence-electron chi connectivity index (χ1n) is 7.72. The first-order chi connectivity index (χ1) is 12.2. The summed E-state index contributed by atoms with van der Waals surface area (Å²) in [5.74, 6) is 0. The molecule has 0 unspecified atom stereocenters. The molecule has 0 fully saturated rings. The van der Waals surface area contributed by atoms with Gasteiger partial charge in [0.1, 0.15) is 18.9 Å². The van der Waals surface area contributed by atoms with Crippen LogP contribution in [0.1, 0.15) is 36.6 Å². The third kappa shape index (κ3) is 8.18. The number of aryl methyl sites for hydroxylation is 1. The van der Waals surface area contributed by atoms with E-state index in [1.54, 1.807) is 24.3 Å². The molecule has 0 aliphatic heterocycles. The molecule has 0 amide bonds. The van der Waals surface area contributed by atoms with Crippen LogP contribution in [0.25, 0.3) is 0 Å². The molecule has 0 saturated carbocycles. The van der Waals surface area contributed by atoms with E-state index in [4.69, 9.17) is 0 Å². The standard InChI is InChI=1S/C8H8O.2C7H6O/c1-7-4-2-3-5-8(7)6-9;2*8-6-7-4-2-1-3-5-7/h2-6H,1H3;2*1-6H. The van der Waals surface area contributed by atoms with Crippen molar-refractivity contribution in [2.45, 2.75) is 6.92 Å². The molecule has 25 heavy (non-hydrogen) atoms. The number of benzene rings is 3. The first kappa shape index (κ1) is 19.7. The number of carbonyl (C=O) groups excluding carboxylic acids is 3. The molecule has 0 heterocycles. The van der Waals surface area contributed by atoms with E-state index in [-0.39, 0.29) is 0 Å². The number of hydrogen-bond acceptors (Lipinski definition) is 3. The minimum atomic E-state index is 0.729. The highest BCUT2D eigenvalue weighted by molar-refractivity contribution is 5.76. The van der Waals surface area contributed by atoms with Gasteiger partial charge in [-0.25, -0.2) is 0 Å². The van der Waals surface area contributed by atoms with Crippen LogP contribution in [0.15, 0.2) is 84.9 Å². The highest BCUT2D eigenvalue weighted by Crippen LogP contribution is 2.02. The van der Waals surface area contributed by atoms with E-state index in [1.807, 2.05) is 67.6 Å². The maximum absolute atomic E-state index is 10.2. The molecule has 3 aromatic carbocycles. The average Bonchev–Trinajstić information content (AvgIpc) is 2.70. The van der Waals surface area contributed by atoms with Gasteiger partial charge in [0.2, 0.25) is 0 Å². The smallest absolute Gasteiger partial charge is 0.150 e. The van der Waals surface area contributed by atoms with Gasteiger partial charge in [0.25, 0.3) is 0 Å². The molecule has 0 atom stereocenters. The maximum atomic E-state index is 10.2. The highest BCUT2D eigenvalue weighted by Gasteiger charge is 1.90. The summed E-state index contributed by atoms with van der Waals surface area (Å²) in [6, 6.07) is 25.7. The number of hydrogen-bond donors (Lipinski definition) is 0. The molecule has 0 aromatic heterocycles. The zero-order chi connectivity index (χ0) is 18.3. The summed E-state index contributed by atoms with van der Waals surface area (Å²) in [6.45, 7) is 1.92. The zero-order valence-corrected chi connectivity index (χ0v) is 14.0. The Morgan fingerprint density at radius 2 is 0.920 bits per heavy atom. The second-order valence-corrected chi connectivity index (χ2v) is 5.03. The van der Waals surface area contributed by atoms with Crippen molar-refractivity contribution < 1.29 is 14.4 Å². The van der Waals surface area contributed by atoms with Gasteiger partial charge in [-0.3, -0.25) is 14.4 Å². The van der Waals surface area contributed by atoms with Gasteiger partial charge in [-0.05, 0) is 12.5 Å². The van der Waals surface area contributed by atoms with E-state index in [1.165, 1.54) is 0 Å². The Hall–Kier alpha value is -3.33. The zero-order valence-electron chi connectivity index (χ0n) is 14.0. The molecule has 0 saturated heterocycles. The highest BCUT2D eigenvalue weighted by atomic mass is 16.1. The predicted molar refractivity (Wildman–Crippen MR) is 100 cm³/mol. The Morgan fingerprint density at radius 1 is 0.520 bits per heavy atom. The largest absolute Gasteiger partial charge is 0.298 e. The summed E-state index contributed by atoms with van der Waals surface area (Å²) in [4.78, 5) is 30.2. The maximum Gasteiger partial charge on any atom is 0.150 e. The Labute approximate surface area is 148 Å². The van der Waals surface area contributed by atoms with E-state index in [0.717, 1.165) is 41.1 Å². The molecule has 0 spiro atoms. The van der Waals surface area contributed by atoms with Crippen LogP contribution in [0.5, 0.6) is 0 Å². The molecule has 3 aromatic rings. The van der Waals surface area contributed by atoms with Crippen LogP contribution in [0.4, 0.5) is 0 Å². The summed E-state index contributed by atoms with van der Waals surface area (Å²) in [6.07, 6.45) is 2.54. The molecular weight excluding hydrogens is 312 g/mol. The summed E-state index contributed by atoms with van der Waals surface area (Å²) < 4.78 is 0. The van der Waals surface area contributed by atoms with E-state index >= 15 is 0 Å². The molecule has 0 bridgehead atoms. The molecule has 0 aliphatic rings. The Balaban J connectivity index is 0.000000188. The second-order valence-electron chi connectivity index (χ2n) is 5.03. The number of carbonyl (C=O) groups is 3. The van der Waals surface area contributed by atoms with Crippen molar-refractivity contribution >= 4 is 18.9 Å². The summed E-state index contributed by atoms with van der Waals surface area (Å²) in [7, 11) is 0. The Kier molecular flexibility index (Phi) is 9.57. The Morgan fingerprint density at radius 3 is 1.20 bits per heavy atom. The van der Waals surface area contributed by atoms with Crippen LogP contribution in [0, 0.1) is 6.92 Å². The fourth-order valence-corrected chi connectivity index (χ4v) is 1.78. The van der Waals surface area contributed by atoms with Crippen LogP contribution in [0.2, 0.25) is 0 Å². The molecule has 0 aliphatic carbocycles. The van der Waals surface area contributed by atoms with E-state index in [9.17, 15) is 14.4 Å². The van der Waals surface area contributed by atoms with Crippen LogP contribution in [-0.2, 0) is 0 Å². The normalized spacial score (nSPS) is 8.68. The van der Waals surface area contributed by atoms with Gasteiger partial charge in [-0.1, -0.05) is 84.9 Å². The fourth-order valence-electron chi connectivity index (χ4n) is 1.78. The van der Waals surface area contributed by atoms with Gasteiger partial charge in [0.15, 0.2) is 0 Å². The topological polar surface area (TPSA) is 51.2 Å². The average molecular weight is 332 g/mol. The fraction of sp³-hybridized carbons (Fsp3) is 0.0455. The first-order valence-corrected chi connectivity index (χ1v) is 7.72. The minimum absolute atomic E-state index is 0.729. The van der Waals surface area contributed by atoms with Crippen LogP contribution in [0.3, 0.4) is 0 Å². The lowest BCUT2D eigenvalue weighted by molar-refractivity contribution is 0.111. The summed E-state index contributed by atoms with van der Waals surface area (Å²) >= 11 is 0. The van der Waals surface area contributed by atoms with Crippen molar-refractivity contribution in [3.8, 4) is 0 Å². The van der Waals surface area contributed by atoms with E-state index in [2.05, 4.69) is 0 Å². The monoisotopic (exact) mass is 332 g/mol. The van der Waals surface area contributed by atoms with Crippen molar-refractivity contribution in [1.82, 2.24) is 0 Å². The lowest BCUT2D eigenvalue weighted by Crippen LogP contribution is -1.82. The molecular formula is C22H20O3. The molecule has 3 heteroatoms.